The molecule has 2 aromatic rings. The van der Waals surface area contributed by atoms with Gasteiger partial charge in [0.15, 0.2) is 4.77 Å². The molecule has 1 aromatic carbocycles. The molecule has 128 valence electrons. The topological polar surface area (TPSA) is 93.7 Å². The van der Waals surface area contributed by atoms with Crippen LogP contribution < -0.4 is 10.3 Å². The Kier molecular flexibility index (Phi) is 5.88. The van der Waals surface area contributed by atoms with Crippen LogP contribution in [0.1, 0.15) is 17.2 Å². The van der Waals surface area contributed by atoms with Crippen LogP contribution in [0.2, 0.25) is 0 Å². The van der Waals surface area contributed by atoms with Crippen LogP contribution >= 0.6 is 12.2 Å². The highest BCUT2D eigenvalue weighted by molar-refractivity contribution is 7.71. The summed E-state index contributed by atoms with van der Waals surface area (Å²) in [6, 6.07) is 7.76. The molecule has 1 atom stereocenters. The van der Waals surface area contributed by atoms with Crippen LogP contribution in [0.25, 0.3) is 0 Å². The molecule has 3 N–H and O–H groups in total. The van der Waals surface area contributed by atoms with Gasteiger partial charge in [0, 0.05) is 6.21 Å². The first-order valence-electron chi connectivity index (χ1n) is 7.28. The first kappa shape index (κ1) is 17.9. The molecule has 0 radical (unpaired) electrons. The molecule has 0 saturated heterocycles. The predicted molar refractivity (Wildman–Crippen MR) is 95.8 cm³/mol. The molecule has 0 spiro atoms. The number of rotatable bonds is 6. The Morgan fingerprint density at radius 1 is 1.33 bits per heavy atom. The third-order valence-electron chi connectivity index (χ3n) is 3.58. The van der Waals surface area contributed by atoms with Gasteiger partial charge in [-0.1, -0.05) is 12.1 Å². The second kappa shape index (κ2) is 7.89. The number of nitrogens with one attached hydrogen (secondary N) is 2. The molecule has 2 rings (SSSR count). The van der Waals surface area contributed by atoms with Crippen molar-refractivity contribution in [2.24, 2.45) is 4.99 Å². The lowest BCUT2D eigenvalue weighted by Crippen LogP contribution is -2.23. The summed E-state index contributed by atoms with van der Waals surface area (Å²) >= 11 is 4.79. The number of likely N-dealkylation sites (N-methyl/N-ethyl adjacent to an activating group) is 1. The molecule has 0 aliphatic heterocycles. The standard InChI is InChI=1S/C16H20N4O3S/c1-20(2)13(10-4-6-11(23-3)7-5-10)9-17-8-12-14(21)18-16(24)19-15(12)22/h4-8,13H,9H2,1-3H3,(H3,18,19,21,22,24)/t13-/m0/s1. The number of aliphatic imine (C=N–C) groups is 1. The number of aromatic hydroxyl groups is 1. The predicted octanol–water partition coefficient (Wildman–Crippen LogP) is 1.87. The van der Waals surface area contributed by atoms with Gasteiger partial charge in [0.1, 0.15) is 11.3 Å². The zero-order chi connectivity index (χ0) is 17.7. The number of nitrogens with zero attached hydrogens (tertiary/aromatic N) is 2. The highest BCUT2D eigenvalue weighted by Gasteiger charge is 2.13. The lowest BCUT2D eigenvalue weighted by atomic mass is 10.1. The summed E-state index contributed by atoms with van der Waals surface area (Å²) in [4.78, 5) is 23.0. The van der Waals surface area contributed by atoms with Gasteiger partial charge in [0.2, 0.25) is 5.88 Å². The fourth-order valence-electron chi connectivity index (χ4n) is 2.24. The van der Waals surface area contributed by atoms with E-state index >= 15 is 0 Å². The maximum atomic E-state index is 11.8. The summed E-state index contributed by atoms with van der Waals surface area (Å²) in [6.45, 7) is 0.424. The SMILES string of the molecule is COc1ccc([C@H](CN=Cc2c(O)[nH]c(=S)[nH]c2=O)N(C)C)cc1. The molecule has 0 saturated carbocycles. The molecule has 0 aliphatic carbocycles. The zero-order valence-corrected chi connectivity index (χ0v) is 14.6. The van der Waals surface area contributed by atoms with Crippen LogP contribution in [0, 0.1) is 4.77 Å². The number of hydrogen-bond donors (Lipinski definition) is 3. The average Bonchev–Trinajstić information content (AvgIpc) is 2.53. The Morgan fingerprint density at radius 3 is 2.54 bits per heavy atom. The molecule has 0 aliphatic rings. The van der Waals surface area contributed by atoms with Crippen molar-refractivity contribution in [1.29, 1.82) is 0 Å². The monoisotopic (exact) mass is 348 g/mol. The Morgan fingerprint density at radius 2 is 2.00 bits per heavy atom. The van der Waals surface area contributed by atoms with E-state index < -0.39 is 5.56 Å². The highest BCUT2D eigenvalue weighted by Crippen LogP contribution is 2.21. The number of methoxy groups -OCH3 is 1. The van der Waals surface area contributed by atoms with Gasteiger partial charge >= 0.3 is 0 Å². The maximum absolute atomic E-state index is 11.8. The fraction of sp³-hybridized carbons (Fsp3) is 0.312. The minimum absolute atomic E-state index is 0.0237. The van der Waals surface area contributed by atoms with Gasteiger partial charge in [-0.3, -0.25) is 14.8 Å². The molecule has 0 bridgehead atoms. The first-order chi connectivity index (χ1) is 11.4. The second-order valence-electron chi connectivity index (χ2n) is 5.42. The van der Waals surface area contributed by atoms with E-state index in [1.807, 2.05) is 43.3 Å². The summed E-state index contributed by atoms with van der Waals surface area (Å²) in [5.74, 6) is 0.495. The summed E-state index contributed by atoms with van der Waals surface area (Å²) in [7, 11) is 5.53. The van der Waals surface area contributed by atoms with Crippen LogP contribution in [0.15, 0.2) is 34.1 Å². The summed E-state index contributed by atoms with van der Waals surface area (Å²) in [5, 5.41) is 9.76. The van der Waals surface area contributed by atoms with E-state index in [0.717, 1.165) is 11.3 Å². The van der Waals surface area contributed by atoms with Gasteiger partial charge in [0.05, 0.1) is 19.7 Å². The number of hydrogen-bond acceptors (Lipinski definition) is 6. The average molecular weight is 348 g/mol. The van der Waals surface area contributed by atoms with Crippen molar-refractivity contribution in [2.75, 3.05) is 27.7 Å². The number of ether oxygens (including phenoxy) is 1. The van der Waals surface area contributed by atoms with Gasteiger partial charge in [-0.25, -0.2) is 0 Å². The van der Waals surface area contributed by atoms with Gasteiger partial charge in [-0.15, -0.1) is 0 Å². The lowest BCUT2D eigenvalue weighted by Gasteiger charge is -2.23. The number of aromatic nitrogens is 2. The van der Waals surface area contributed by atoms with Crippen LogP contribution in [-0.2, 0) is 0 Å². The Bertz CT molecular complexity index is 824. The van der Waals surface area contributed by atoms with Crippen molar-refractivity contribution in [2.45, 2.75) is 6.04 Å². The third-order valence-corrected chi connectivity index (χ3v) is 3.79. The van der Waals surface area contributed by atoms with E-state index in [9.17, 15) is 9.90 Å². The van der Waals surface area contributed by atoms with Crippen LogP contribution in [0.4, 0.5) is 0 Å². The van der Waals surface area contributed by atoms with Gasteiger partial charge < -0.3 is 19.7 Å². The van der Waals surface area contributed by atoms with Crippen molar-refractivity contribution < 1.29 is 9.84 Å². The first-order valence-corrected chi connectivity index (χ1v) is 7.69. The van der Waals surface area contributed by atoms with E-state index in [4.69, 9.17) is 17.0 Å². The summed E-state index contributed by atoms with van der Waals surface area (Å²) < 4.78 is 5.23. The van der Waals surface area contributed by atoms with E-state index in [-0.39, 0.29) is 22.3 Å². The molecule has 1 aromatic heterocycles. The third kappa shape index (κ3) is 4.30. The van der Waals surface area contributed by atoms with Crippen molar-refractivity contribution in [3.05, 3.63) is 50.5 Å². The molecule has 8 heteroatoms. The summed E-state index contributed by atoms with van der Waals surface area (Å²) in [5.41, 5.74) is 0.644. The minimum Gasteiger partial charge on any atom is -0.497 e. The summed E-state index contributed by atoms with van der Waals surface area (Å²) in [6.07, 6.45) is 1.35. The van der Waals surface area contributed by atoms with E-state index in [0.29, 0.717) is 6.54 Å². The number of H-pyrrole nitrogens is 2. The van der Waals surface area contributed by atoms with E-state index in [2.05, 4.69) is 15.0 Å². The molecule has 0 amide bonds. The van der Waals surface area contributed by atoms with Crippen molar-refractivity contribution in [3.8, 4) is 11.6 Å². The van der Waals surface area contributed by atoms with Crippen molar-refractivity contribution in [1.82, 2.24) is 14.9 Å². The molecular formula is C16H20N4O3S. The van der Waals surface area contributed by atoms with Gasteiger partial charge in [-0.2, -0.15) is 0 Å². The molecule has 7 nitrogen and oxygen atoms in total. The molecule has 24 heavy (non-hydrogen) atoms. The number of benzene rings is 1. The molecular weight excluding hydrogens is 328 g/mol. The fourth-order valence-corrected chi connectivity index (χ4v) is 2.43. The van der Waals surface area contributed by atoms with Crippen molar-refractivity contribution in [3.63, 3.8) is 0 Å². The van der Waals surface area contributed by atoms with Crippen LogP contribution in [0.3, 0.4) is 0 Å². The molecule has 1 heterocycles. The second-order valence-corrected chi connectivity index (χ2v) is 5.83. The van der Waals surface area contributed by atoms with Crippen LogP contribution in [0.5, 0.6) is 11.6 Å². The Balaban J connectivity index is 2.20. The van der Waals surface area contributed by atoms with Crippen LogP contribution in [-0.4, -0.2) is 53.9 Å². The lowest BCUT2D eigenvalue weighted by molar-refractivity contribution is 0.306. The zero-order valence-electron chi connectivity index (χ0n) is 13.7. The quantitative estimate of drug-likeness (QED) is 0.547. The van der Waals surface area contributed by atoms with Crippen molar-refractivity contribution >= 4 is 18.4 Å². The molecule has 0 unspecified atom stereocenters. The largest absolute Gasteiger partial charge is 0.497 e. The normalized spacial score (nSPS) is 12.7. The highest BCUT2D eigenvalue weighted by atomic mass is 32.1. The van der Waals surface area contributed by atoms with E-state index in [1.54, 1.807) is 7.11 Å². The van der Waals surface area contributed by atoms with Gasteiger partial charge in [0.25, 0.3) is 5.56 Å². The van der Waals surface area contributed by atoms with Gasteiger partial charge in [-0.05, 0) is 44.0 Å². The Labute approximate surface area is 144 Å². The Hall–Kier alpha value is -2.45. The van der Waals surface area contributed by atoms with E-state index in [1.165, 1.54) is 6.21 Å². The number of aromatic amines is 2. The minimum atomic E-state index is -0.481. The maximum Gasteiger partial charge on any atom is 0.264 e. The smallest absolute Gasteiger partial charge is 0.264 e. The molecule has 0 fully saturated rings.